The van der Waals surface area contributed by atoms with Crippen molar-refractivity contribution in [2.45, 2.75) is 45.3 Å². The van der Waals surface area contributed by atoms with Crippen molar-refractivity contribution in [1.29, 1.82) is 0 Å². The minimum atomic E-state index is -4.86. The van der Waals surface area contributed by atoms with Crippen molar-refractivity contribution < 1.29 is 31.6 Å². The molecule has 0 aromatic carbocycles. The Kier molecular flexibility index (Phi) is 5.27. The molecule has 2 atom stereocenters. The minimum Gasteiger partial charge on any atom is -0.325 e. The van der Waals surface area contributed by atoms with E-state index in [2.05, 4.69) is 20.1 Å². The quantitative estimate of drug-likeness (QED) is 0.392. The Labute approximate surface area is 160 Å². The maximum atomic E-state index is 12.4. The Bertz CT molecular complexity index is 913. The van der Waals surface area contributed by atoms with Gasteiger partial charge in [-0.1, -0.05) is 0 Å². The van der Waals surface area contributed by atoms with Crippen LogP contribution in [-0.4, -0.2) is 69.0 Å². The summed E-state index contributed by atoms with van der Waals surface area (Å²) in [7, 11) is -4.86. The van der Waals surface area contributed by atoms with Gasteiger partial charge in [0.25, 0.3) is 11.8 Å². The first-order valence-corrected chi connectivity index (χ1v) is 9.77. The van der Waals surface area contributed by atoms with E-state index in [0.717, 1.165) is 10.6 Å². The van der Waals surface area contributed by atoms with Crippen LogP contribution in [0.2, 0.25) is 0 Å². The highest BCUT2D eigenvalue weighted by Gasteiger charge is 2.49. The van der Waals surface area contributed by atoms with Crippen molar-refractivity contribution in [3.8, 4) is 0 Å². The van der Waals surface area contributed by atoms with Crippen LogP contribution in [0, 0.1) is 13.8 Å². The van der Waals surface area contributed by atoms with Gasteiger partial charge < -0.3 is 9.47 Å². The Hall–Kier alpha value is -2.71. The van der Waals surface area contributed by atoms with Crippen LogP contribution in [0.5, 0.6) is 0 Å². The monoisotopic (exact) mass is 416 g/mol. The lowest BCUT2D eigenvalue weighted by Gasteiger charge is -2.29. The number of fused-ring (bicyclic) bond motifs is 2. The van der Waals surface area contributed by atoms with Crippen LogP contribution in [0.4, 0.5) is 4.79 Å². The highest BCUT2D eigenvalue weighted by atomic mass is 32.3. The minimum absolute atomic E-state index is 0.0433. The molecule has 0 spiro atoms. The average molecular weight is 416 g/mol. The van der Waals surface area contributed by atoms with Crippen molar-refractivity contribution in [2.24, 2.45) is 0 Å². The van der Waals surface area contributed by atoms with Gasteiger partial charge in [0.15, 0.2) is 0 Å². The maximum Gasteiger partial charge on any atom is 0.418 e. The topological polar surface area (TPSA) is 163 Å². The van der Waals surface area contributed by atoms with E-state index in [0.29, 0.717) is 10.9 Å². The van der Waals surface area contributed by atoms with Gasteiger partial charge in [0, 0.05) is 12.7 Å². The molecule has 3 N–H and O–H groups in total. The number of piperidine rings is 1. The third-order valence-corrected chi connectivity index (χ3v) is 4.88. The molecule has 3 rings (SSSR count). The Morgan fingerprint density at radius 2 is 2.04 bits per heavy atom. The van der Waals surface area contributed by atoms with E-state index >= 15 is 0 Å². The second-order valence-corrected chi connectivity index (χ2v) is 7.61. The lowest BCUT2D eigenvalue weighted by atomic mass is 10.0. The number of carbonyl (C=O) groups excluding carboxylic acids is 3. The predicted octanol–water partition coefficient (Wildman–Crippen LogP) is -1.35. The maximum absolute atomic E-state index is 12.4. The first-order chi connectivity index (χ1) is 13.0. The molecular formula is C14H20N6O7S. The second-order valence-electron chi connectivity index (χ2n) is 6.60. The number of rotatable bonds is 5. The van der Waals surface area contributed by atoms with Gasteiger partial charge >= 0.3 is 16.4 Å². The van der Waals surface area contributed by atoms with E-state index in [1.165, 1.54) is 0 Å². The van der Waals surface area contributed by atoms with Crippen LogP contribution >= 0.6 is 0 Å². The summed E-state index contributed by atoms with van der Waals surface area (Å²) in [5.41, 5.74) is 5.31. The fourth-order valence-electron chi connectivity index (χ4n) is 3.34. The normalized spacial score (nSPS) is 21.8. The molecule has 0 aliphatic carbocycles. The third-order valence-electron chi connectivity index (χ3n) is 4.54. The summed E-state index contributed by atoms with van der Waals surface area (Å²) < 4.78 is 36.4. The lowest BCUT2D eigenvalue weighted by Crippen LogP contribution is -2.54. The number of nitrogens with one attached hydrogen (secondary N) is 2. The third kappa shape index (κ3) is 4.23. The molecule has 13 nitrogen and oxygen atoms in total. The van der Waals surface area contributed by atoms with Crippen LogP contribution < -0.4 is 10.9 Å². The van der Waals surface area contributed by atoms with E-state index < -0.39 is 40.3 Å². The number of amides is 4. The van der Waals surface area contributed by atoms with Gasteiger partial charge in [0.05, 0.1) is 11.7 Å². The summed E-state index contributed by atoms with van der Waals surface area (Å²) in [5, 5.41) is 0.547. The summed E-state index contributed by atoms with van der Waals surface area (Å²) in [5.74, 6) is -0.446. The zero-order chi connectivity index (χ0) is 20.6. The zero-order valence-corrected chi connectivity index (χ0v) is 16.0. The van der Waals surface area contributed by atoms with E-state index in [9.17, 15) is 22.8 Å². The molecule has 2 fully saturated rings. The Balaban J connectivity index is 1.56. The summed E-state index contributed by atoms with van der Waals surface area (Å²) >= 11 is 0. The van der Waals surface area contributed by atoms with Crippen molar-refractivity contribution in [3.63, 3.8) is 0 Å². The number of hydrazine groups is 1. The van der Waals surface area contributed by atoms with Gasteiger partial charge in [-0.3, -0.25) is 25.0 Å². The number of hydroxylamine groups is 2. The van der Waals surface area contributed by atoms with Crippen molar-refractivity contribution in [1.82, 2.24) is 30.4 Å². The van der Waals surface area contributed by atoms with Gasteiger partial charge in [-0.05, 0) is 26.7 Å². The van der Waals surface area contributed by atoms with E-state index in [-0.39, 0.29) is 25.9 Å². The van der Waals surface area contributed by atoms with Crippen LogP contribution in [0.15, 0.2) is 6.20 Å². The fourth-order valence-corrected chi connectivity index (χ4v) is 3.73. The molecule has 0 unspecified atom stereocenters. The van der Waals surface area contributed by atoms with E-state index in [1.807, 2.05) is 0 Å². The van der Waals surface area contributed by atoms with E-state index in [4.69, 9.17) is 4.55 Å². The molecule has 14 heteroatoms. The lowest BCUT2D eigenvalue weighted by molar-refractivity contribution is -0.132. The molecule has 4 amide bonds. The molecule has 28 heavy (non-hydrogen) atoms. The number of nitrogens with zero attached hydrogens (tertiary/aromatic N) is 4. The molecule has 1 aromatic rings. The molecule has 2 aliphatic rings. The van der Waals surface area contributed by atoms with Gasteiger partial charge in [-0.2, -0.15) is 13.5 Å². The number of aryl methyl sites for hydroxylation is 2. The smallest absolute Gasteiger partial charge is 0.325 e. The first kappa shape index (κ1) is 20.0. The van der Waals surface area contributed by atoms with Crippen LogP contribution in [0.1, 0.15) is 24.4 Å². The molecule has 0 radical (unpaired) electrons. The number of hydrogen-bond donors (Lipinski definition) is 3. The summed E-state index contributed by atoms with van der Waals surface area (Å²) in [6.45, 7) is 3.56. The first-order valence-electron chi connectivity index (χ1n) is 8.41. The Morgan fingerprint density at radius 1 is 1.32 bits per heavy atom. The number of aromatic nitrogens is 2. The second kappa shape index (κ2) is 7.37. The zero-order valence-electron chi connectivity index (χ0n) is 15.2. The number of carbonyl (C=O) groups is 3. The van der Waals surface area contributed by atoms with Gasteiger partial charge in [-0.25, -0.2) is 9.78 Å². The van der Waals surface area contributed by atoms with Gasteiger partial charge in [0.1, 0.15) is 18.4 Å². The standard InChI is InChI=1S/C14H20N6O7S/c1-8-5-18(9(2)15-8)7-12(21)16-17-13(22)11-4-3-10-6-19(11)14(23)20(10)27-28(24,25)26/h5,10-11H,3-4,6-7H2,1-2H3,(H,16,21)(H,17,22)(H,24,25,26)/t10-,11+/m1/s1. The largest absolute Gasteiger partial charge is 0.418 e. The highest BCUT2D eigenvalue weighted by molar-refractivity contribution is 7.80. The summed E-state index contributed by atoms with van der Waals surface area (Å²) in [6, 6.07) is -2.35. The number of urea groups is 1. The molecular weight excluding hydrogens is 396 g/mol. The van der Waals surface area contributed by atoms with Crippen LogP contribution in [0.3, 0.4) is 0 Å². The van der Waals surface area contributed by atoms with Crippen molar-refractivity contribution in [2.75, 3.05) is 6.54 Å². The molecule has 2 bridgehead atoms. The van der Waals surface area contributed by atoms with Crippen LogP contribution in [0.25, 0.3) is 0 Å². The highest BCUT2D eigenvalue weighted by Crippen LogP contribution is 2.30. The van der Waals surface area contributed by atoms with Crippen LogP contribution in [-0.2, 0) is 30.8 Å². The molecule has 2 saturated heterocycles. The van der Waals surface area contributed by atoms with Gasteiger partial charge in [-0.15, -0.1) is 4.28 Å². The molecule has 3 heterocycles. The summed E-state index contributed by atoms with van der Waals surface area (Å²) in [4.78, 5) is 42.0. The average Bonchev–Trinajstić information content (AvgIpc) is 3.03. The SMILES string of the molecule is Cc1cn(CC(=O)NNC(=O)[C@@H]2CC[C@@H]3CN2C(=O)N3OS(=O)(=O)O)c(C)n1. The van der Waals surface area contributed by atoms with E-state index in [1.54, 1.807) is 24.6 Å². The summed E-state index contributed by atoms with van der Waals surface area (Å²) in [6.07, 6.45) is 2.23. The number of imidazole rings is 1. The van der Waals surface area contributed by atoms with Gasteiger partial charge in [0.2, 0.25) is 0 Å². The fraction of sp³-hybridized carbons (Fsp3) is 0.571. The molecule has 154 valence electrons. The molecule has 1 aromatic heterocycles. The molecule has 2 aliphatic heterocycles. The molecule has 0 saturated carbocycles. The van der Waals surface area contributed by atoms with Crippen molar-refractivity contribution in [3.05, 3.63) is 17.7 Å². The predicted molar refractivity (Wildman–Crippen MR) is 91.4 cm³/mol. The number of hydrogen-bond acceptors (Lipinski definition) is 7. The van der Waals surface area contributed by atoms with Crippen molar-refractivity contribution >= 4 is 28.2 Å². The Morgan fingerprint density at radius 3 is 2.64 bits per heavy atom.